The van der Waals surface area contributed by atoms with Crippen molar-refractivity contribution < 1.29 is 22.7 Å². The lowest BCUT2D eigenvalue weighted by Crippen LogP contribution is -2.41. The Morgan fingerprint density at radius 2 is 1.84 bits per heavy atom. The number of hydrogen-bond donors (Lipinski definition) is 3. The van der Waals surface area contributed by atoms with Gasteiger partial charge < -0.3 is 14.6 Å². The number of nitrogens with zero attached hydrogens (tertiary/aromatic N) is 1. The Bertz CT molecular complexity index is 1280. The van der Waals surface area contributed by atoms with Gasteiger partial charge in [-0.25, -0.2) is 8.42 Å². The zero-order valence-corrected chi connectivity index (χ0v) is 17.6. The highest BCUT2D eigenvalue weighted by Gasteiger charge is 2.23. The maximum Gasteiger partial charge on any atom is 0.268 e. The molecule has 31 heavy (non-hydrogen) atoms. The summed E-state index contributed by atoms with van der Waals surface area (Å²) < 4.78 is 32.4. The van der Waals surface area contributed by atoms with Crippen LogP contribution in [0.15, 0.2) is 59.5 Å². The first-order chi connectivity index (χ1) is 14.8. The predicted molar refractivity (Wildman–Crippen MR) is 114 cm³/mol. The van der Waals surface area contributed by atoms with Gasteiger partial charge in [-0.2, -0.15) is 0 Å². The van der Waals surface area contributed by atoms with Crippen molar-refractivity contribution in [2.45, 2.75) is 18.7 Å². The zero-order chi connectivity index (χ0) is 22.2. The summed E-state index contributed by atoms with van der Waals surface area (Å²) in [6.45, 7) is 3.52. The van der Waals surface area contributed by atoms with E-state index in [1.807, 2.05) is 41.8 Å². The van der Waals surface area contributed by atoms with E-state index in [0.29, 0.717) is 17.0 Å². The Labute approximate surface area is 179 Å². The second-order valence-corrected chi connectivity index (χ2v) is 8.69. The molecule has 2 aromatic carbocycles. The first-order valence-corrected chi connectivity index (χ1v) is 10.9. The minimum Gasteiger partial charge on any atom is -0.482 e. The van der Waals surface area contributed by atoms with Crippen molar-refractivity contribution in [1.29, 1.82) is 0 Å². The van der Waals surface area contributed by atoms with Crippen LogP contribution in [-0.2, 0) is 14.8 Å². The Kier molecular flexibility index (Phi) is 5.25. The molecule has 0 spiro atoms. The van der Waals surface area contributed by atoms with E-state index in [2.05, 4.69) is 15.6 Å². The number of benzene rings is 2. The number of nitrogens with one attached hydrogen (secondary N) is 3. The summed E-state index contributed by atoms with van der Waals surface area (Å²) in [6.07, 6.45) is 0. The van der Waals surface area contributed by atoms with Gasteiger partial charge in [0.25, 0.3) is 21.8 Å². The van der Waals surface area contributed by atoms with Crippen LogP contribution in [0.3, 0.4) is 0 Å². The average Bonchev–Trinajstić information content (AvgIpc) is 3.06. The van der Waals surface area contributed by atoms with Crippen LogP contribution in [-0.4, -0.2) is 31.4 Å². The number of aromatic nitrogens is 1. The van der Waals surface area contributed by atoms with Gasteiger partial charge >= 0.3 is 0 Å². The molecule has 0 atom stereocenters. The molecule has 0 bridgehead atoms. The highest BCUT2D eigenvalue weighted by Crippen LogP contribution is 2.30. The van der Waals surface area contributed by atoms with E-state index in [0.717, 1.165) is 11.4 Å². The van der Waals surface area contributed by atoms with Gasteiger partial charge in [0.2, 0.25) is 0 Å². The fourth-order valence-corrected chi connectivity index (χ4v) is 4.30. The molecule has 3 N–H and O–H groups in total. The zero-order valence-electron chi connectivity index (χ0n) is 16.8. The van der Waals surface area contributed by atoms with Crippen LogP contribution in [0.25, 0.3) is 5.69 Å². The molecule has 160 valence electrons. The van der Waals surface area contributed by atoms with Gasteiger partial charge in [0.1, 0.15) is 5.75 Å². The van der Waals surface area contributed by atoms with Gasteiger partial charge in [-0.3, -0.25) is 15.0 Å². The lowest BCUT2D eigenvalue weighted by molar-refractivity contribution is -0.118. The summed E-state index contributed by atoms with van der Waals surface area (Å²) in [4.78, 5) is 26.1. The van der Waals surface area contributed by atoms with E-state index in [9.17, 15) is 18.0 Å². The molecule has 0 saturated carbocycles. The highest BCUT2D eigenvalue weighted by molar-refractivity contribution is 7.89. The first kappa shape index (κ1) is 20.6. The molecule has 2 heterocycles. The number of amides is 2. The van der Waals surface area contributed by atoms with Crippen molar-refractivity contribution >= 4 is 27.5 Å². The summed E-state index contributed by atoms with van der Waals surface area (Å²) in [5.74, 6) is -0.596. The normalized spacial score (nSPS) is 13.2. The fraction of sp³-hybridized carbons (Fsp3) is 0.143. The molecule has 1 aliphatic rings. The summed E-state index contributed by atoms with van der Waals surface area (Å²) in [5.41, 5.74) is 5.25. The molecule has 10 heteroatoms. The molecule has 1 aliphatic heterocycles. The second kappa shape index (κ2) is 7.89. The number of carbonyl (C=O) groups is 2. The van der Waals surface area contributed by atoms with Crippen LogP contribution < -0.4 is 20.3 Å². The number of rotatable bonds is 5. The quantitative estimate of drug-likeness (QED) is 0.525. The van der Waals surface area contributed by atoms with E-state index in [1.54, 1.807) is 13.0 Å². The number of sulfonamides is 1. The topological polar surface area (TPSA) is 119 Å². The van der Waals surface area contributed by atoms with Crippen molar-refractivity contribution in [2.24, 2.45) is 0 Å². The molecular formula is C21H20N4O5S. The highest BCUT2D eigenvalue weighted by atomic mass is 32.2. The molecule has 2 amide bonds. The third-order valence-electron chi connectivity index (χ3n) is 4.88. The lowest BCUT2D eigenvalue weighted by atomic mass is 10.2. The van der Waals surface area contributed by atoms with Crippen LogP contribution in [0.4, 0.5) is 5.69 Å². The minimum absolute atomic E-state index is 0.130. The number of carbonyl (C=O) groups excluding carboxylic acids is 2. The molecule has 1 aromatic heterocycles. The van der Waals surface area contributed by atoms with Gasteiger partial charge in [-0.15, -0.1) is 4.83 Å². The average molecular weight is 440 g/mol. The summed E-state index contributed by atoms with van der Waals surface area (Å²) >= 11 is 0. The maximum absolute atomic E-state index is 12.7. The number of ether oxygens (including phenoxy) is 1. The van der Waals surface area contributed by atoms with E-state index >= 15 is 0 Å². The van der Waals surface area contributed by atoms with E-state index in [-0.39, 0.29) is 23.1 Å². The molecule has 0 radical (unpaired) electrons. The third-order valence-corrected chi connectivity index (χ3v) is 6.13. The molecule has 0 fully saturated rings. The van der Waals surface area contributed by atoms with Gasteiger partial charge in [0, 0.05) is 17.1 Å². The Balaban J connectivity index is 1.53. The monoisotopic (exact) mass is 440 g/mol. The van der Waals surface area contributed by atoms with E-state index in [4.69, 9.17) is 4.74 Å². The second-order valence-electron chi connectivity index (χ2n) is 7.01. The SMILES string of the molecule is Cc1cc(C(=O)NNS(=O)(=O)c2ccc3c(c2)NC(=O)CO3)c(C)n1-c1ccccc1. The smallest absolute Gasteiger partial charge is 0.268 e. The van der Waals surface area contributed by atoms with Gasteiger partial charge in [-0.05, 0) is 50.2 Å². The standard InChI is InChI=1S/C21H20N4O5S/c1-13-10-17(14(2)25(13)15-6-4-3-5-7-15)21(27)23-24-31(28,29)16-8-9-19-18(11-16)22-20(26)12-30-19/h3-11,24H,12H2,1-2H3,(H,22,26)(H,23,27). The summed E-state index contributed by atoms with van der Waals surface area (Å²) in [6, 6.07) is 15.3. The van der Waals surface area contributed by atoms with Crippen LogP contribution in [0, 0.1) is 13.8 Å². The Hall–Kier alpha value is -3.63. The number of aryl methyl sites for hydroxylation is 1. The first-order valence-electron chi connectivity index (χ1n) is 9.39. The number of fused-ring (bicyclic) bond motifs is 1. The minimum atomic E-state index is -4.08. The van der Waals surface area contributed by atoms with Crippen molar-refractivity contribution in [3.63, 3.8) is 0 Å². The number of para-hydroxylation sites is 1. The summed E-state index contributed by atoms with van der Waals surface area (Å²) in [5, 5.41) is 2.55. The maximum atomic E-state index is 12.7. The van der Waals surface area contributed by atoms with Crippen molar-refractivity contribution in [3.8, 4) is 11.4 Å². The van der Waals surface area contributed by atoms with Crippen molar-refractivity contribution in [3.05, 3.63) is 71.5 Å². The van der Waals surface area contributed by atoms with Crippen LogP contribution in [0.1, 0.15) is 21.7 Å². The number of anilines is 1. The predicted octanol–water partition coefficient (Wildman–Crippen LogP) is 2.05. The van der Waals surface area contributed by atoms with E-state index < -0.39 is 15.9 Å². The molecule has 4 rings (SSSR count). The van der Waals surface area contributed by atoms with Crippen LogP contribution in [0.5, 0.6) is 5.75 Å². The largest absolute Gasteiger partial charge is 0.482 e. The van der Waals surface area contributed by atoms with Crippen molar-refractivity contribution in [1.82, 2.24) is 14.8 Å². The summed E-state index contributed by atoms with van der Waals surface area (Å²) in [7, 11) is -4.08. The molecule has 0 saturated heterocycles. The lowest BCUT2D eigenvalue weighted by Gasteiger charge is -2.18. The third kappa shape index (κ3) is 4.03. The number of hydrogen-bond acceptors (Lipinski definition) is 5. The Morgan fingerprint density at radius 3 is 2.58 bits per heavy atom. The molecule has 0 aliphatic carbocycles. The molecule has 0 unspecified atom stereocenters. The van der Waals surface area contributed by atoms with Crippen molar-refractivity contribution in [2.75, 3.05) is 11.9 Å². The Morgan fingerprint density at radius 1 is 1.10 bits per heavy atom. The molecule has 9 nitrogen and oxygen atoms in total. The van der Waals surface area contributed by atoms with Crippen LogP contribution in [0.2, 0.25) is 0 Å². The number of hydrazine groups is 1. The van der Waals surface area contributed by atoms with Gasteiger partial charge in [-0.1, -0.05) is 18.2 Å². The molecular weight excluding hydrogens is 420 g/mol. The van der Waals surface area contributed by atoms with Gasteiger partial charge in [0.15, 0.2) is 6.61 Å². The molecule has 3 aromatic rings. The van der Waals surface area contributed by atoms with Crippen LogP contribution >= 0.6 is 0 Å². The fourth-order valence-electron chi connectivity index (χ4n) is 3.44. The van der Waals surface area contributed by atoms with Gasteiger partial charge in [0.05, 0.1) is 16.1 Å². The van der Waals surface area contributed by atoms with E-state index in [1.165, 1.54) is 18.2 Å².